The van der Waals surface area contributed by atoms with Gasteiger partial charge in [0.1, 0.15) is 5.52 Å². The van der Waals surface area contributed by atoms with Gasteiger partial charge in [0, 0.05) is 51.2 Å². The van der Waals surface area contributed by atoms with Crippen molar-refractivity contribution in [2.24, 2.45) is 0 Å². The van der Waals surface area contributed by atoms with Crippen LogP contribution >= 0.6 is 0 Å². The Kier molecular flexibility index (Phi) is 7.24. The summed E-state index contributed by atoms with van der Waals surface area (Å²) in [5.41, 5.74) is 1.46. The number of nitrogens with zero attached hydrogens (tertiary/aromatic N) is 5. The summed E-state index contributed by atoms with van der Waals surface area (Å²) in [6.07, 6.45) is 4.17. The summed E-state index contributed by atoms with van der Waals surface area (Å²) < 4.78 is 0. The van der Waals surface area contributed by atoms with Crippen molar-refractivity contribution in [3.05, 3.63) is 6.33 Å². The lowest BCUT2D eigenvalue weighted by atomic mass is 10.2. The molecular formula is C20H34N8O. The van der Waals surface area contributed by atoms with Crippen molar-refractivity contribution >= 4 is 28.8 Å². The van der Waals surface area contributed by atoms with E-state index in [2.05, 4.69) is 63.2 Å². The van der Waals surface area contributed by atoms with E-state index >= 15 is 0 Å². The van der Waals surface area contributed by atoms with Gasteiger partial charge in [-0.25, -0.2) is 4.98 Å². The molecule has 2 aromatic heterocycles. The number of aromatic nitrogens is 4. The summed E-state index contributed by atoms with van der Waals surface area (Å²) in [5.74, 6) is 1.59. The molecule has 0 unspecified atom stereocenters. The first-order valence-corrected chi connectivity index (χ1v) is 10.7. The van der Waals surface area contributed by atoms with E-state index in [1.54, 1.807) is 6.33 Å². The largest absolute Gasteiger partial charge is 0.367 e. The molecule has 3 N–H and O–H groups in total. The van der Waals surface area contributed by atoms with Crippen LogP contribution in [0, 0.1) is 0 Å². The highest BCUT2D eigenvalue weighted by Crippen LogP contribution is 2.19. The maximum atomic E-state index is 11.7. The van der Waals surface area contributed by atoms with Crippen molar-refractivity contribution in [3.8, 4) is 0 Å². The Morgan fingerprint density at radius 2 is 1.97 bits per heavy atom. The van der Waals surface area contributed by atoms with Gasteiger partial charge in [-0.05, 0) is 40.5 Å². The van der Waals surface area contributed by atoms with Gasteiger partial charge in [0.05, 0.1) is 6.33 Å². The first kappa shape index (κ1) is 21.3. The number of hydrogen-bond acceptors (Lipinski definition) is 7. The number of nitrogens with one attached hydrogen (secondary N) is 3. The molecule has 0 aromatic carbocycles. The molecule has 0 spiro atoms. The third-order valence-electron chi connectivity index (χ3n) is 5.33. The van der Waals surface area contributed by atoms with Crippen molar-refractivity contribution < 1.29 is 4.79 Å². The highest BCUT2D eigenvalue weighted by atomic mass is 16.2. The van der Waals surface area contributed by atoms with E-state index in [1.807, 2.05) is 4.90 Å². The molecule has 0 atom stereocenters. The van der Waals surface area contributed by atoms with Crippen LogP contribution in [0.2, 0.25) is 0 Å². The average Bonchev–Trinajstić information content (AvgIpc) is 3.30. The van der Waals surface area contributed by atoms with E-state index in [0.29, 0.717) is 36.6 Å². The molecule has 3 heterocycles. The van der Waals surface area contributed by atoms with Crippen LogP contribution in [-0.4, -0.2) is 80.5 Å². The molecule has 2 aromatic rings. The van der Waals surface area contributed by atoms with E-state index < -0.39 is 0 Å². The normalized spacial score (nSPS) is 14.7. The number of rotatable bonds is 11. The molecule has 1 aliphatic rings. The third-order valence-corrected chi connectivity index (χ3v) is 5.33. The van der Waals surface area contributed by atoms with Gasteiger partial charge < -0.3 is 20.5 Å². The number of aromatic amines is 1. The van der Waals surface area contributed by atoms with Gasteiger partial charge in [-0.1, -0.05) is 0 Å². The monoisotopic (exact) mass is 402 g/mol. The number of hydrogen-bond donors (Lipinski definition) is 3. The zero-order valence-corrected chi connectivity index (χ0v) is 18.0. The smallest absolute Gasteiger partial charge is 0.226 e. The number of amides is 1. The topological polar surface area (TPSA) is 102 Å². The second kappa shape index (κ2) is 9.87. The Morgan fingerprint density at radius 1 is 1.17 bits per heavy atom. The van der Waals surface area contributed by atoms with Crippen LogP contribution < -0.4 is 10.6 Å². The first-order chi connectivity index (χ1) is 14.0. The summed E-state index contributed by atoms with van der Waals surface area (Å²) >= 11 is 0. The molecule has 1 saturated heterocycles. The molecule has 1 amide bonds. The number of H-pyrrole nitrogens is 1. The number of likely N-dealkylation sites (tertiary alicyclic amines) is 1. The minimum absolute atomic E-state index is 0.266. The lowest BCUT2D eigenvalue weighted by Crippen LogP contribution is -2.40. The fourth-order valence-electron chi connectivity index (χ4n) is 3.87. The molecule has 0 saturated carbocycles. The third kappa shape index (κ3) is 5.56. The maximum absolute atomic E-state index is 11.7. The number of fused-ring (bicyclic) bond motifs is 1. The number of carbonyl (C=O) groups is 1. The Hall–Kier alpha value is -2.42. The van der Waals surface area contributed by atoms with E-state index in [9.17, 15) is 4.79 Å². The van der Waals surface area contributed by atoms with Crippen LogP contribution in [-0.2, 0) is 4.79 Å². The number of anilines is 2. The molecule has 9 nitrogen and oxygen atoms in total. The maximum Gasteiger partial charge on any atom is 0.226 e. The molecular weight excluding hydrogens is 368 g/mol. The van der Waals surface area contributed by atoms with E-state index in [4.69, 9.17) is 0 Å². The van der Waals surface area contributed by atoms with Crippen LogP contribution in [0.25, 0.3) is 11.2 Å². The molecule has 1 fully saturated rings. The predicted molar refractivity (Wildman–Crippen MR) is 116 cm³/mol. The number of imidazole rings is 1. The van der Waals surface area contributed by atoms with Crippen molar-refractivity contribution in [2.45, 2.75) is 59.0 Å². The standard InChI is InChI=1S/C20H34N8O/c1-14(2)28(15(3)4)12-9-21-18-17-19(24-13-23-17)26-20(25-18)22-8-6-11-27-10-5-7-16(27)29/h13-15H,5-12H2,1-4H3,(H3,21,22,23,24,25,26). The second-order valence-corrected chi connectivity index (χ2v) is 8.11. The molecule has 9 heteroatoms. The summed E-state index contributed by atoms with van der Waals surface area (Å²) in [6.45, 7) is 13.0. The van der Waals surface area contributed by atoms with Crippen molar-refractivity contribution in [1.29, 1.82) is 0 Å². The molecule has 160 valence electrons. The highest BCUT2D eigenvalue weighted by molar-refractivity contribution is 5.83. The van der Waals surface area contributed by atoms with Crippen LogP contribution in [0.3, 0.4) is 0 Å². The lowest BCUT2D eigenvalue weighted by Gasteiger charge is -2.30. The van der Waals surface area contributed by atoms with Gasteiger partial charge in [0.15, 0.2) is 11.5 Å². The van der Waals surface area contributed by atoms with Gasteiger partial charge in [-0.15, -0.1) is 0 Å². The molecule has 0 aliphatic carbocycles. The van der Waals surface area contributed by atoms with E-state index in [0.717, 1.165) is 50.4 Å². The summed E-state index contributed by atoms with van der Waals surface area (Å²) in [4.78, 5) is 32.6. The molecule has 3 rings (SSSR count). The zero-order chi connectivity index (χ0) is 20.8. The van der Waals surface area contributed by atoms with Gasteiger partial charge in [0.2, 0.25) is 11.9 Å². The summed E-state index contributed by atoms with van der Waals surface area (Å²) in [7, 11) is 0. The number of carbonyl (C=O) groups excluding carboxylic acids is 1. The van der Waals surface area contributed by atoms with Crippen LogP contribution in [0.1, 0.15) is 47.0 Å². The quantitative estimate of drug-likeness (QED) is 0.496. The van der Waals surface area contributed by atoms with Gasteiger partial charge in [0.25, 0.3) is 0 Å². The molecule has 0 radical (unpaired) electrons. The first-order valence-electron chi connectivity index (χ1n) is 10.7. The Morgan fingerprint density at radius 3 is 2.66 bits per heavy atom. The average molecular weight is 403 g/mol. The molecule has 0 bridgehead atoms. The summed E-state index contributed by atoms with van der Waals surface area (Å²) in [5, 5.41) is 6.72. The Balaban J connectivity index is 1.56. The Bertz CT molecular complexity index is 795. The lowest BCUT2D eigenvalue weighted by molar-refractivity contribution is -0.127. The van der Waals surface area contributed by atoms with Crippen molar-refractivity contribution in [2.75, 3.05) is 43.4 Å². The van der Waals surface area contributed by atoms with Gasteiger partial charge in [-0.3, -0.25) is 9.69 Å². The minimum atomic E-state index is 0.266. The molecule has 1 aliphatic heterocycles. The highest BCUT2D eigenvalue weighted by Gasteiger charge is 2.19. The predicted octanol–water partition coefficient (Wildman–Crippen LogP) is 2.31. The van der Waals surface area contributed by atoms with Gasteiger partial charge >= 0.3 is 0 Å². The second-order valence-electron chi connectivity index (χ2n) is 8.11. The van der Waals surface area contributed by atoms with Crippen molar-refractivity contribution in [1.82, 2.24) is 29.7 Å². The Labute approximate surface area is 172 Å². The van der Waals surface area contributed by atoms with Crippen LogP contribution in [0.5, 0.6) is 0 Å². The minimum Gasteiger partial charge on any atom is -0.367 e. The van der Waals surface area contributed by atoms with Crippen molar-refractivity contribution in [3.63, 3.8) is 0 Å². The van der Waals surface area contributed by atoms with E-state index in [1.165, 1.54) is 0 Å². The SMILES string of the molecule is CC(C)N(CCNc1nc(NCCCN2CCCC2=O)nc2nc[nH]c12)C(C)C. The zero-order valence-electron chi connectivity index (χ0n) is 18.0. The molecule has 29 heavy (non-hydrogen) atoms. The van der Waals surface area contributed by atoms with Crippen LogP contribution in [0.15, 0.2) is 6.33 Å². The van der Waals surface area contributed by atoms with Gasteiger partial charge in [-0.2, -0.15) is 9.97 Å². The van der Waals surface area contributed by atoms with Crippen LogP contribution in [0.4, 0.5) is 11.8 Å². The fraction of sp³-hybridized carbons (Fsp3) is 0.700. The van der Waals surface area contributed by atoms with E-state index in [-0.39, 0.29) is 5.91 Å². The summed E-state index contributed by atoms with van der Waals surface area (Å²) in [6, 6.07) is 0.989. The fourth-order valence-corrected chi connectivity index (χ4v) is 3.87.